The van der Waals surface area contributed by atoms with E-state index in [1.54, 1.807) is 35.4 Å². The largest absolute Gasteiger partial charge is 0.349 e. The predicted octanol–water partition coefficient (Wildman–Crippen LogP) is 2.26. The van der Waals surface area contributed by atoms with Crippen molar-refractivity contribution in [1.82, 2.24) is 15.2 Å². The second-order valence-electron chi connectivity index (χ2n) is 5.76. The number of benzene rings is 1. The van der Waals surface area contributed by atoms with Crippen LogP contribution in [-0.2, 0) is 0 Å². The van der Waals surface area contributed by atoms with E-state index in [4.69, 9.17) is 0 Å². The molecule has 0 spiro atoms. The lowest BCUT2D eigenvalue weighted by atomic mass is 10.0. The summed E-state index contributed by atoms with van der Waals surface area (Å²) in [6.07, 6.45) is 4.42. The fourth-order valence-corrected chi connectivity index (χ4v) is 2.80. The topological polar surface area (TPSA) is 62.3 Å². The Bertz CT molecular complexity index is 728. The number of rotatable bonds is 3. The first kappa shape index (κ1) is 16.1. The van der Waals surface area contributed by atoms with Crippen LogP contribution in [0.5, 0.6) is 0 Å². The summed E-state index contributed by atoms with van der Waals surface area (Å²) < 4.78 is 13.7. The van der Waals surface area contributed by atoms with E-state index in [1.807, 2.05) is 0 Å². The molecular formula is C18H18FN3O2. The number of nitrogens with zero attached hydrogens (tertiary/aromatic N) is 2. The molecule has 2 amide bonds. The predicted molar refractivity (Wildman–Crippen MR) is 87.0 cm³/mol. The minimum absolute atomic E-state index is 0.00220. The van der Waals surface area contributed by atoms with Crippen LogP contribution in [0.4, 0.5) is 4.39 Å². The monoisotopic (exact) mass is 327 g/mol. The van der Waals surface area contributed by atoms with Crippen molar-refractivity contribution in [3.8, 4) is 0 Å². The number of carbonyl (C=O) groups is 2. The molecule has 0 aliphatic carbocycles. The van der Waals surface area contributed by atoms with Gasteiger partial charge in [-0.2, -0.15) is 0 Å². The molecule has 0 radical (unpaired) electrons. The lowest BCUT2D eigenvalue weighted by Crippen LogP contribution is -2.46. The first-order valence-corrected chi connectivity index (χ1v) is 7.90. The number of likely N-dealkylation sites (tertiary alicyclic amines) is 1. The maximum absolute atomic E-state index is 13.7. The van der Waals surface area contributed by atoms with Crippen molar-refractivity contribution in [1.29, 1.82) is 0 Å². The molecule has 1 aromatic heterocycles. The van der Waals surface area contributed by atoms with Crippen LogP contribution in [-0.4, -0.2) is 40.8 Å². The van der Waals surface area contributed by atoms with Gasteiger partial charge in [-0.05, 0) is 37.1 Å². The van der Waals surface area contributed by atoms with Crippen LogP contribution in [0.1, 0.15) is 33.6 Å². The van der Waals surface area contributed by atoms with Crippen LogP contribution >= 0.6 is 0 Å². The fraction of sp³-hybridized carbons (Fsp3) is 0.278. The molecule has 1 fully saturated rings. The summed E-state index contributed by atoms with van der Waals surface area (Å²) in [5.74, 6) is -0.971. The summed E-state index contributed by atoms with van der Waals surface area (Å²) in [5.41, 5.74) is 0.609. The van der Waals surface area contributed by atoms with Gasteiger partial charge in [0.1, 0.15) is 5.82 Å². The molecule has 1 aliphatic heterocycles. The van der Waals surface area contributed by atoms with E-state index in [-0.39, 0.29) is 23.4 Å². The van der Waals surface area contributed by atoms with Crippen LogP contribution in [0.15, 0.2) is 48.8 Å². The molecule has 1 aliphatic rings. The van der Waals surface area contributed by atoms with Crippen molar-refractivity contribution in [2.75, 3.05) is 13.1 Å². The number of halogens is 1. The third-order valence-corrected chi connectivity index (χ3v) is 4.15. The van der Waals surface area contributed by atoms with Gasteiger partial charge in [-0.3, -0.25) is 14.6 Å². The van der Waals surface area contributed by atoms with Crippen LogP contribution in [0.2, 0.25) is 0 Å². The summed E-state index contributed by atoms with van der Waals surface area (Å²) in [4.78, 5) is 30.0. The Balaban J connectivity index is 1.55. The molecule has 0 atom stereocenters. The van der Waals surface area contributed by atoms with Crippen molar-refractivity contribution in [2.45, 2.75) is 18.9 Å². The van der Waals surface area contributed by atoms with Gasteiger partial charge < -0.3 is 10.2 Å². The van der Waals surface area contributed by atoms with E-state index in [2.05, 4.69) is 10.3 Å². The second kappa shape index (κ2) is 7.21. The van der Waals surface area contributed by atoms with Gasteiger partial charge in [0.15, 0.2) is 0 Å². The molecule has 0 saturated carbocycles. The highest BCUT2D eigenvalue weighted by molar-refractivity contribution is 5.95. The highest BCUT2D eigenvalue weighted by Gasteiger charge is 2.26. The first-order chi connectivity index (χ1) is 11.6. The Morgan fingerprint density at radius 2 is 1.88 bits per heavy atom. The Kier molecular flexibility index (Phi) is 4.84. The van der Waals surface area contributed by atoms with E-state index >= 15 is 0 Å². The Hall–Kier alpha value is -2.76. The molecular weight excluding hydrogens is 309 g/mol. The third-order valence-electron chi connectivity index (χ3n) is 4.15. The lowest BCUT2D eigenvalue weighted by molar-refractivity contribution is 0.0693. The number of nitrogens with one attached hydrogen (secondary N) is 1. The van der Waals surface area contributed by atoms with E-state index in [0.717, 1.165) is 0 Å². The summed E-state index contributed by atoms with van der Waals surface area (Å²) in [7, 11) is 0. The normalized spacial score (nSPS) is 15.1. The van der Waals surface area contributed by atoms with E-state index in [1.165, 1.54) is 18.3 Å². The number of hydrogen-bond donors (Lipinski definition) is 1. The van der Waals surface area contributed by atoms with Gasteiger partial charge >= 0.3 is 0 Å². The van der Waals surface area contributed by atoms with Gasteiger partial charge in [0.25, 0.3) is 11.8 Å². The molecule has 24 heavy (non-hydrogen) atoms. The van der Waals surface area contributed by atoms with Crippen molar-refractivity contribution in [2.24, 2.45) is 0 Å². The van der Waals surface area contributed by atoms with Gasteiger partial charge in [0.2, 0.25) is 0 Å². The van der Waals surface area contributed by atoms with E-state index in [0.29, 0.717) is 31.5 Å². The maximum Gasteiger partial charge on any atom is 0.256 e. The van der Waals surface area contributed by atoms with Crippen LogP contribution in [0.3, 0.4) is 0 Å². The van der Waals surface area contributed by atoms with Crippen LogP contribution in [0, 0.1) is 5.82 Å². The van der Waals surface area contributed by atoms with Gasteiger partial charge in [0.05, 0.1) is 11.1 Å². The fourth-order valence-electron chi connectivity index (χ4n) is 2.80. The van der Waals surface area contributed by atoms with Crippen molar-refractivity contribution in [3.63, 3.8) is 0 Å². The average molecular weight is 327 g/mol. The number of amides is 2. The zero-order valence-corrected chi connectivity index (χ0v) is 13.1. The van der Waals surface area contributed by atoms with E-state index in [9.17, 15) is 14.0 Å². The van der Waals surface area contributed by atoms with Gasteiger partial charge in [0, 0.05) is 31.5 Å². The molecule has 3 rings (SSSR count). The van der Waals surface area contributed by atoms with Gasteiger partial charge in [-0.25, -0.2) is 4.39 Å². The molecule has 2 heterocycles. The van der Waals surface area contributed by atoms with Crippen molar-refractivity contribution in [3.05, 3.63) is 65.7 Å². The third kappa shape index (κ3) is 3.59. The Morgan fingerprint density at radius 3 is 2.54 bits per heavy atom. The molecule has 2 aromatic rings. The molecule has 6 heteroatoms. The number of aromatic nitrogens is 1. The minimum Gasteiger partial charge on any atom is -0.349 e. The average Bonchev–Trinajstić information content (AvgIpc) is 2.63. The number of carbonyl (C=O) groups excluding carboxylic acids is 2. The Labute approximate surface area is 139 Å². The zero-order valence-electron chi connectivity index (χ0n) is 13.1. The zero-order chi connectivity index (χ0) is 16.9. The highest BCUT2D eigenvalue weighted by atomic mass is 19.1. The summed E-state index contributed by atoms with van der Waals surface area (Å²) in [6.45, 7) is 0.982. The molecule has 124 valence electrons. The summed E-state index contributed by atoms with van der Waals surface area (Å²) in [6, 6.07) is 9.41. The van der Waals surface area contributed by atoms with Gasteiger partial charge in [-0.15, -0.1) is 0 Å². The SMILES string of the molecule is O=C(NC1CCN(C(=O)c2ccccc2F)CC1)c1cccnc1. The maximum atomic E-state index is 13.7. The molecule has 0 bridgehead atoms. The molecule has 1 saturated heterocycles. The van der Waals surface area contributed by atoms with E-state index < -0.39 is 5.82 Å². The number of hydrogen-bond acceptors (Lipinski definition) is 3. The standard InChI is InChI=1S/C18H18FN3O2/c19-16-6-2-1-5-15(16)18(24)22-10-7-14(8-11-22)21-17(23)13-4-3-9-20-12-13/h1-6,9,12,14H,7-8,10-11H2,(H,21,23). The lowest BCUT2D eigenvalue weighted by Gasteiger charge is -2.32. The van der Waals surface area contributed by atoms with Crippen LogP contribution < -0.4 is 5.32 Å². The summed E-state index contributed by atoms with van der Waals surface area (Å²) in [5, 5.41) is 2.95. The Morgan fingerprint density at radius 1 is 1.12 bits per heavy atom. The number of pyridine rings is 1. The smallest absolute Gasteiger partial charge is 0.256 e. The van der Waals surface area contributed by atoms with Crippen molar-refractivity contribution >= 4 is 11.8 Å². The minimum atomic E-state index is -0.505. The molecule has 0 unspecified atom stereocenters. The number of piperidine rings is 1. The molecule has 1 aromatic carbocycles. The molecule has 1 N–H and O–H groups in total. The molecule has 5 nitrogen and oxygen atoms in total. The summed E-state index contributed by atoms with van der Waals surface area (Å²) >= 11 is 0. The van der Waals surface area contributed by atoms with Crippen molar-refractivity contribution < 1.29 is 14.0 Å². The quantitative estimate of drug-likeness (QED) is 0.940. The van der Waals surface area contributed by atoms with Gasteiger partial charge in [-0.1, -0.05) is 12.1 Å². The highest BCUT2D eigenvalue weighted by Crippen LogP contribution is 2.16. The first-order valence-electron chi connectivity index (χ1n) is 7.90. The second-order valence-corrected chi connectivity index (χ2v) is 5.76. The van der Waals surface area contributed by atoms with Crippen LogP contribution in [0.25, 0.3) is 0 Å².